The molecule has 10 heteroatoms. The van der Waals surface area contributed by atoms with Crippen molar-refractivity contribution in [1.29, 1.82) is 0 Å². The average Bonchev–Trinajstić information content (AvgIpc) is 2.94. The Morgan fingerprint density at radius 1 is 0.795 bits per heavy atom. The number of nitrogens with one attached hydrogen (secondary N) is 3. The third-order valence-electron chi connectivity index (χ3n) is 5.72. The third kappa shape index (κ3) is 7.52. The van der Waals surface area contributed by atoms with E-state index in [0.717, 1.165) is 16.8 Å². The molecule has 7 nitrogen and oxygen atoms in total. The number of anilines is 2. The highest BCUT2D eigenvalue weighted by atomic mass is 35.5. The van der Waals surface area contributed by atoms with E-state index in [2.05, 4.69) is 15.4 Å². The van der Waals surface area contributed by atoms with Crippen LogP contribution >= 0.6 is 23.2 Å². The normalized spacial score (nSPS) is 11.4. The van der Waals surface area contributed by atoms with Crippen LogP contribution < -0.4 is 24.8 Å². The molecule has 0 heterocycles. The Bertz CT molecular complexity index is 1430. The van der Waals surface area contributed by atoms with Crippen LogP contribution in [-0.4, -0.2) is 37.8 Å². The van der Waals surface area contributed by atoms with Crippen LogP contribution in [0.1, 0.15) is 10.4 Å². The van der Waals surface area contributed by atoms with Gasteiger partial charge in [-0.15, -0.1) is 0 Å². The van der Waals surface area contributed by atoms with Gasteiger partial charge < -0.3 is 24.7 Å². The second-order valence-electron chi connectivity index (χ2n) is 8.36. The summed E-state index contributed by atoms with van der Waals surface area (Å²) >= 11 is 10.7. The van der Waals surface area contributed by atoms with Crippen LogP contribution in [0.2, 0.25) is 10.0 Å². The Labute approximate surface area is 240 Å². The summed E-state index contributed by atoms with van der Waals surface area (Å²) in [6.07, 6.45) is 0. The smallest absolute Gasteiger partial charge is 0.255 e. The number of para-hydroxylation sites is 1. The Hall–Kier alpha value is -3.56. The highest BCUT2D eigenvalue weighted by molar-refractivity contribution is 7.92. The van der Waals surface area contributed by atoms with Gasteiger partial charge in [0.25, 0.3) is 5.91 Å². The van der Waals surface area contributed by atoms with Gasteiger partial charge in [0.1, 0.15) is 17.1 Å². The monoisotopic (exact) mass is 583 g/mol. The van der Waals surface area contributed by atoms with Crippen molar-refractivity contribution in [1.82, 2.24) is 5.32 Å². The van der Waals surface area contributed by atoms with Gasteiger partial charge in [0.2, 0.25) is 4.90 Å². The number of rotatable bonds is 11. The van der Waals surface area contributed by atoms with Gasteiger partial charge in [0, 0.05) is 34.9 Å². The maximum Gasteiger partial charge on any atom is 0.255 e. The topological polar surface area (TPSA) is 94.7 Å². The second kappa shape index (κ2) is 13.5. The number of methoxy groups -OCH3 is 2. The van der Waals surface area contributed by atoms with Crippen molar-refractivity contribution in [3.8, 4) is 22.6 Å². The minimum atomic E-state index is -1.62. The summed E-state index contributed by atoms with van der Waals surface area (Å²) in [6.45, 7) is 0.892. The first-order valence-corrected chi connectivity index (χ1v) is 13.9. The molecule has 0 aliphatic rings. The number of halogens is 2. The SMILES string of the molecule is COc1ccccc1C(=O)NCCNc1cccc(N[S+]([O-])c2cc(-c3cc(Cl)cc(Cl)c3)ccc2OC)c1. The van der Waals surface area contributed by atoms with Crippen molar-refractivity contribution in [2.45, 2.75) is 4.90 Å². The largest absolute Gasteiger partial charge is 0.588 e. The molecule has 0 bridgehead atoms. The van der Waals surface area contributed by atoms with Gasteiger partial charge in [-0.3, -0.25) is 4.79 Å². The third-order valence-corrected chi connectivity index (χ3v) is 7.30. The molecule has 0 aliphatic heterocycles. The van der Waals surface area contributed by atoms with Crippen LogP contribution in [0.25, 0.3) is 11.1 Å². The van der Waals surface area contributed by atoms with E-state index in [0.29, 0.717) is 50.8 Å². The fraction of sp³-hybridized carbons (Fsp3) is 0.138. The molecule has 39 heavy (non-hydrogen) atoms. The van der Waals surface area contributed by atoms with Gasteiger partial charge in [0.05, 0.1) is 25.5 Å². The van der Waals surface area contributed by atoms with E-state index in [1.165, 1.54) is 14.2 Å². The molecule has 0 radical (unpaired) electrons. The molecule has 0 aromatic heterocycles. The highest BCUT2D eigenvalue weighted by Crippen LogP contribution is 2.33. The molecule has 202 valence electrons. The van der Waals surface area contributed by atoms with Crippen molar-refractivity contribution in [2.75, 3.05) is 37.3 Å². The van der Waals surface area contributed by atoms with Crippen LogP contribution in [0.15, 0.2) is 89.8 Å². The lowest BCUT2D eigenvalue weighted by atomic mass is 10.1. The quantitative estimate of drug-likeness (QED) is 0.135. The molecule has 1 unspecified atom stereocenters. The maximum absolute atomic E-state index is 13.3. The lowest BCUT2D eigenvalue weighted by Crippen LogP contribution is -2.29. The van der Waals surface area contributed by atoms with Crippen molar-refractivity contribution in [3.63, 3.8) is 0 Å². The first-order valence-electron chi connectivity index (χ1n) is 12.0. The van der Waals surface area contributed by atoms with Gasteiger partial charge >= 0.3 is 0 Å². The van der Waals surface area contributed by atoms with Crippen LogP contribution in [0.3, 0.4) is 0 Å². The summed E-state index contributed by atoms with van der Waals surface area (Å²) in [6, 6.07) is 25.1. The van der Waals surface area contributed by atoms with Crippen molar-refractivity contribution in [2.24, 2.45) is 0 Å². The number of amides is 1. The van der Waals surface area contributed by atoms with Gasteiger partial charge in [0.15, 0.2) is 5.75 Å². The summed E-state index contributed by atoms with van der Waals surface area (Å²) in [5.41, 5.74) is 3.53. The number of ether oxygens (including phenoxy) is 2. The molecule has 1 amide bonds. The molecule has 3 N–H and O–H groups in total. The minimum absolute atomic E-state index is 0.212. The van der Waals surface area contributed by atoms with Gasteiger partial charge in [-0.2, -0.15) is 0 Å². The zero-order chi connectivity index (χ0) is 27.8. The zero-order valence-corrected chi connectivity index (χ0v) is 23.6. The minimum Gasteiger partial charge on any atom is -0.588 e. The number of hydrogen-bond acceptors (Lipinski definition) is 6. The lowest BCUT2D eigenvalue weighted by Gasteiger charge is -2.16. The lowest BCUT2D eigenvalue weighted by molar-refractivity contribution is 0.0952. The van der Waals surface area contributed by atoms with E-state index < -0.39 is 11.4 Å². The van der Waals surface area contributed by atoms with Crippen molar-refractivity contribution < 1.29 is 18.8 Å². The Kier molecular flexibility index (Phi) is 9.84. The highest BCUT2D eigenvalue weighted by Gasteiger charge is 2.20. The number of benzene rings is 4. The van der Waals surface area contributed by atoms with E-state index >= 15 is 0 Å². The summed E-state index contributed by atoms with van der Waals surface area (Å²) in [5.74, 6) is 0.794. The van der Waals surface area contributed by atoms with Crippen molar-refractivity contribution >= 4 is 51.8 Å². The second-order valence-corrected chi connectivity index (χ2v) is 10.4. The predicted octanol–water partition coefficient (Wildman–Crippen LogP) is 6.65. The van der Waals surface area contributed by atoms with Crippen molar-refractivity contribution in [3.05, 3.63) is 101 Å². The molecular weight excluding hydrogens is 557 g/mol. The fourth-order valence-corrected chi connectivity index (χ4v) is 5.43. The Morgan fingerprint density at radius 2 is 1.51 bits per heavy atom. The molecule has 1 atom stereocenters. The summed E-state index contributed by atoms with van der Waals surface area (Å²) in [5, 5.41) is 7.16. The summed E-state index contributed by atoms with van der Waals surface area (Å²) in [7, 11) is 3.06. The molecule has 4 aromatic rings. The molecule has 0 fully saturated rings. The number of carbonyl (C=O) groups excluding carboxylic acids is 1. The van der Waals surface area contributed by atoms with Gasteiger partial charge in [-0.1, -0.05) is 47.5 Å². The molecule has 0 aliphatic carbocycles. The number of hydrogen-bond donors (Lipinski definition) is 3. The van der Waals surface area contributed by atoms with E-state index in [9.17, 15) is 9.35 Å². The standard InChI is InChI=1S/C29H27Cl2N3O4S/c1-37-26-9-4-3-8-25(26)29(35)33-13-12-32-23-6-5-7-24(18-23)34-39(36)28-16-19(10-11-27(28)38-2)20-14-21(30)17-22(31)15-20/h3-11,14-18,32,34H,12-13H2,1-2H3,(H,33,35). The summed E-state index contributed by atoms with van der Waals surface area (Å²) < 4.78 is 27.1. The van der Waals surface area contributed by atoms with E-state index in [4.69, 9.17) is 32.7 Å². The zero-order valence-electron chi connectivity index (χ0n) is 21.3. The average molecular weight is 585 g/mol. The van der Waals surface area contributed by atoms with Gasteiger partial charge in [-0.25, -0.2) is 4.72 Å². The van der Waals surface area contributed by atoms with Crippen LogP contribution in [-0.2, 0) is 11.4 Å². The van der Waals surface area contributed by atoms with Gasteiger partial charge in [-0.05, 0) is 65.7 Å². The molecular formula is C29H27Cl2N3O4S. The molecule has 0 saturated carbocycles. The molecule has 0 spiro atoms. The number of carbonyl (C=O) groups is 1. The van der Waals surface area contributed by atoms with Crippen LogP contribution in [0.5, 0.6) is 11.5 Å². The summed E-state index contributed by atoms with van der Waals surface area (Å²) in [4.78, 5) is 12.9. The predicted molar refractivity (Wildman–Crippen MR) is 159 cm³/mol. The molecule has 0 saturated heterocycles. The molecule has 4 rings (SSSR count). The Balaban J connectivity index is 1.39. The first-order chi connectivity index (χ1) is 18.9. The maximum atomic E-state index is 13.3. The molecule has 4 aromatic carbocycles. The fourth-order valence-electron chi connectivity index (χ4n) is 3.89. The van der Waals surface area contributed by atoms with Crippen LogP contribution in [0, 0.1) is 0 Å². The van der Waals surface area contributed by atoms with E-state index in [-0.39, 0.29) is 5.91 Å². The van der Waals surface area contributed by atoms with Crippen LogP contribution in [0.4, 0.5) is 11.4 Å². The Morgan fingerprint density at radius 3 is 2.26 bits per heavy atom. The van der Waals surface area contributed by atoms with E-state index in [1.807, 2.05) is 36.4 Å². The first kappa shape index (κ1) is 28.4. The van der Waals surface area contributed by atoms with E-state index in [1.54, 1.807) is 48.5 Å².